The minimum atomic E-state index is -0.0932. The van der Waals surface area contributed by atoms with Gasteiger partial charge in [-0.3, -0.25) is 9.59 Å². The Morgan fingerprint density at radius 1 is 1.48 bits per heavy atom. The summed E-state index contributed by atoms with van der Waals surface area (Å²) in [5, 5.41) is 5.83. The van der Waals surface area contributed by atoms with Crippen LogP contribution in [0.3, 0.4) is 0 Å². The lowest BCUT2D eigenvalue weighted by molar-refractivity contribution is -0.117. The van der Waals surface area contributed by atoms with Crippen LogP contribution in [0.15, 0.2) is 18.2 Å². The molecule has 1 fully saturated rings. The highest BCUT2D eigenvalue weighted by Gasteiger charge is 2.36. The maximum absolute atomic E-state index is 12.1. The molecule has 5 nitrogen and oxygen atoms in total. The molecule has 0 saturated carbocycles. The molecule has 0 aromatic heterocycles. The maximum Gasteiger partial charge on any atom is 0.251 e. The predicted octanol–water partition coefficient (Wildman–Crippen LogP) is 1.99. The molecule has 2 amide bonds. The standard InChI is InChI=1S/C16H21N3O2/c1-10(2)9-17-15(20)11-5-6-13-12(8-11)18-16(21)14-4-3-7-19(13)14/h5-6,8,10,14H,3-4,7,9H2,1-2H3,(H,17,20)(H,18,21)/t14-/m1/s1. The molecule has 0 spiro atoms. The van der Waals surface area contributed by atoms with Crippen molar-refractivity contribution in [2.75, 3.05) is 23.3 Å². The van der Waals surface area contributed by atoms with Crippen LogP contribution >= 0.6 is 0 Å². The van der Waals surface area contributed by atoms with E-state index in [-0.39, 0.29) is 17.9 Å². The van der Waals surface area contributed by atoms with Crippen LogP contribution in [-0.2, 0) is 4.79 Å². The number of hydrogen-bond acceptors (Lipinski definition) is 3. The lowest BCUT2D eigenvalue weighted by atomic mass is 10.1. The molecule has 0 unspecified atom stereocenters. The molecule has 2 aliphatic heterocycles. The van der Waals surface area contributed by atoms with Crippen LogP contribution in [0.2, 0.25) is 0 Å². The summed E-state index contributed by atoms with van der Waals surface area (Å²) in [6.45, 7) is 5.67. The van der Waals surface area contributed by atoms with E-state index >= 15 is 0 Å². The third-order valence-electron chi connectivity index (χ3n) is 4.05. The summed E-state index contributed by atoms with van der Waals surface area (Å²) < 4.78 is 0. The zero-order valence-corrected chi connectivity index (χ0v) is 12.5. The number of hydrogen-bond donors (Lipinski definition) is 2. The van der Waals surface area contributed by atoms with Gasteiger partial charge in [0.05, 0.1) is 11.4 Å². The first-order valence-electron chi connectivity index (χ1n) is 7.56. The van der Waals surface area contributed by atoms with Crippen LogP contribution in [0, 0.1) is 5.92 Å². The molecular weight excluding hydrogens is 266 g/mol. The van der Waals surface area contributed by atoms with Gasteiger partial charge in [0, 0.05) is 18.7 Å². The van der Waals surface area contributed by atoms with Crippen molar-refractivity contribution in [3.05, 3.63) is 23.8 Å². The first kappa shape index (κ1) is 13.9. The fourth-order valence-corrected chi connectivity index (χ4v) is 2.97. The number of nitrogens with zero attached hydrogens (tertiary/aromatic N) is 1. The zero-order chi connectivity index (χ0) is 15.0. The van der Waals surface area contributed by atoms with Gasteiger partial charge in [0.1, 0.15) is 6.04 Å². The molecule has 0 radical (unpaired) electrons. The Labute approximate surface area is 124 Å². The summed E-state index contributed by atoms with van der Waals surface area (Å²) in [5.74, 6) is 0.362. The van der Waals surface area contributed by atoms with Crippen molar-refractivity contribution in [3.8, 4) is 0 Å². The minimum Gasteiger partial charge on any atom is -0.358 e. The number of amides is 2. The molecule has 1 aromatic carbocycles. The number of nitrogens with one attached hydrogen (secondary N) is 2. The second kappa shape index (κ2) is 5.39. The van der Waals surface area contributed by atoms with Gasteiger partial charge in [0.2, 0.25) is 5.91 Å². The minimum absolute atomic E-state index is 0.0414. The van der Waals surface area contributed by atoms with Crippen molar-refractivity contribution in [2.45, 2.75) is 32.7 Å². The SMILES string of the molecule is CC(C)CNC(=O)c1ccc2c(c1)NC(=O)[C@H]1CCCN21. The number of carbonyl (C=O) groups is 2. The Morgan fingerprint density at radius 2 is 2.29 bits per heavy atom. The van der Waals surface area contributed by atoms with E-state index in [0.29, 0.717) is 18.0 Å². The fraction of sp³-hybridized carbons (Fsp3) is 0.500. The quantitative estimate of drug-likeness (QED) is 0.894. The highest BCUT2D eigenvalue weighted by Crippen LogP contribution is 2.37. The zero-order valence-electron chi connectivity index (χ0n) is 12.5. The average molecular weight is 287 g/mol. The Morgan fingerprint density at radius 3 is 3.05 bits per heavy atom. The van der Waals surface area contributed by atoms with E-state index in [1.165, 1.54) is 0 Å². The Kier molecular flexibility index (Phi) is 3.57. The topological polar surface area (TPSA) is 61.4 Å². The van der Waals surface area contributed by atoms with Crippen molar-refractivity contribution in [2.24, 2.45) is 5.92 Å². The number of anilines is 2. The summed E-state index contributed by atoms with van der Waals surface area (Å²) >= 11 is 0. The fourth-order valence-electron chi connectivity index (χ4n) is 2.97. The van der Waals surface area contributed by atoms with E-state index in [4.69, 9.17) is 0 Å². The first-order valence-corrected chi connectivity index (χ1v) is 7.56. The van der Waals surface area contributed by atoms with Crippen molar-refractivity contribution < 1.29 is 9.59 Å². The molecule has 2 N–H and O–H groups in total. The number of fused-ring (bicyclic) bond motifs is 3. The molecule has 21 heavy (non-hydrogen) atoms. The number of rotatable bonds is 3. The van der Waals surface area contributed by atoms with Crippen molar-refractivity contribution in [3.63, 3.8) is 0 Å². The normalized spacial score (nSPS) is 20.0. The van der Waals surface area contributed by atoms with Crippen LogP contribution in [0.25, 0.3) is 0 Å². The van der Waals surface area contributed by atoms with Gasteiger partial charge in [-0.05, 0) is 37.0 Å². The molecule has 3 rings (SSSR count). The molecular formula is C16H21N3O2. The van der Waals surface area contributed by atoms with E-state index in [1.807, 2.05) is 12.1 Å². The van der Waals surface area contributed by atoms with Crippen LogP contribution in [0.1, 0.15) is 37.0 Å². The van der Waals surface area contributed by atoms with Gasteiger partial charge in [0.15, 0.2) is 0 Å². The molecule has 1 atom stereocenters. The van der Waals surface area contributed by atoms with Crippen LogP contribution in [0.5, 0.6) is 0 Å². The smallest absolute Gasteiger partial charge is 0.251 e. The summed E-state index contributed by atoms with van der Waals surface area (Å²) in [5.41, 5.74) is 2.36. The van der Waals surface area contributed by atoms with Gasteiger partial charge in [0.25, 0.3) is 5.91 Å². The van der Waals surface area contributed by atoms with Gasteiger partial charge in [-0.2, -0.15) is 0 Å². The van der Waals surface area contributed by atoms with E-state index < -0.39 is 0 Å². The van der Waals surface area contributed by atoms with E-state index in [1.54, 1.807) is 6.07 Å². The third-order valence-corrected chi connectivity index (χ3v) is 4.05. The second-order valence-electron chi connectivity index (χ2n) is 6.18. The third kappa shape index (κ3) is 2.60. The summed E-state index contributed by atoms with van der Waals surface area (Å²) in [6, 6.07) is 5.51. The Hall–Kier alpha value is -2.04. The highest BCUT2D eigenvalue weighted by molar-refractivity contribution is 6.06. The van der Waals surface area contributed by atoms with Gasteiger partial charge in [-0.1, -0.05) is 13.8 Å². The molecule has 2 aliphatic rings. The lowest BCUT2D eigenvalue weighted by Crippen LogP contribution is -2.44. The molecule has 5 heteroatoms. The molecule has 1 aromatic rings. The van der Waals surface area contributed by atoms with Crippen LogP contribution < -0.4 is 15.5 Å². The molecule has 0 aliphatic carbocycles. The van der Waals surface area contributed by atoms with Crippen LogP contribution in [-0.4, -0.2) is 30.9 Å². The Balaban J connectivity index is 1.83. The van der Waals surface area contributed by atoms with Crippen molar-refractivity contribution in [1.82, 2.24) is 5.32 Å². The van der Waals surface area contributed by atoms with Crippen LogP contribution in [0.4, 0.5) is 11.4 Å². The highest BCUT2D eigenvalue weighted by atomic mass is 16.2. The summed E-state index contributed by atoms with van der Waals surface area (Å²) in [6.07, 6.45) is 1.94. The molecule has 2 heterocycles. The van der Waals surface area contributed by atoms with E-state index in [0.717, 1.165) is 30.8 Å². The van der Waals surface area contributed by atoms with Crippen molar-refractivity contribution >= 4 is 23.2 Å². The summed E-state index contributed by atoms with van der Waals surface area (Å²) in [7, 11) is 0. The van der Waals surface area contributed by atoms with Gasteiger partial charge < -0.3 is 15.5 Å². The average Bonchev–Trinajstić information content (AvgIpc) is 2.94. The number of benzene rings is 1. The largest absolute Gasteiger partial charge is 0.358 e. The van der Waals surface area contributed by atoms with E-state index in [9.17, 15) is 9.59 Å². The van der Waals surface area contributed by atoms with Gasteiger partial charge >= 0.3 is 0 Å². The van der Waals surface area contributed by atoms with Crippen molar-refractivity contribution in [1.29, 1.82) is 0 Å². The number of carbonyl (C=O) groups excluding carboxylic acids is 2. The first-order chi connectivity index (χ1) is 10.1. The molecule has 1 saturated heterocycles. The monoisotopic (exact) mass is 287 g/mol. The predicted molar refractivity (Wildman–Crippen MR) is 82.6 cm³/mol. The maximum atomic E-state index is 12.1. The summed E-state index contributed by atoms with van der Waals surface area (Å²) in [4.78, 5) is 26.3. The van der Waals surface area contributed by atoms with Gasteiger partial charge in [-0.15, -0.1) is 0 Å². The Bertz CT molecular complexity index is 583. The molecule has 0 bridgehead atoms. The lowest BCUT2D eigenvalue weighted by Gasteiger charge is -2.33. The van der Waals surface area contributed by atoms with Gasteiger partial charge in [-0.25, -0.2) is 0 Å². The molecule has 112 valence electrons. The second-order valence-corrected chi connectivity index (χ2v) is 6.18. The van der Waals surface area contributed by atoms with E-state index in [2.05, 4.69) is 29.4 Å².